The maximum absolute atomic E-state index is 10.5. The molecular formula is C11H13N3O. The van der Waals surface area contributed by atoms with E-state index >= 15 is 0 Å². The molecule has 2 unspecified atom stereocenters. The molecule has 4 heteroatoms. The predicted octanol–water partition coefficient (Wildman–Crippen LogP) is 1.28. The van der Waals surface area contributed by atoms with Gasteiger partial charge in [-0.05, 0) is 25.2 Å². The Kier molecular flexibility index (Phi) is 1.94. The van der Waals surface area contributed by atoms with E-state index in [1.165, 1.54) is 19.3 Å². The third-order valence-electron chi connectivity index (χ3n) is 3.46. The van der Waals surface area contributed by atoms with Crippen LogP contribution in [0.4, 0.5) is 5.95 Å². The molecule has 15 heavy (non-hydrogen) atoms. The first-order valence-corrected chi connectivity index (χ1v) is 5.40. The highest BCUT2D eigenvalue weighted by Crippen LogP contribution is 2.38. The highest BCUT2D eigenvalue weighted by molar-refractivity contribution is 5.73. The third-order valence-corrected chi connectivity index (χ3v) is 3.46. The lowest BCUT2D eigenvalue weighted by Gasteiger charge is -2.26. The number of nitrogens with zero attached hydrogens (tertiary/aromatic N) is 3. The minimum absolute atomic E-state index is 0.545. The van der Waals surface area contributed by atoms with E-state index < -0.39 is 0 Å². The summed E-state index contributed by atoms with van der Waals surface area (Å²) in [6.45, 7) is 1.09. The topological polar surface area (TPSA) is 46.1 Å². The summed E-state index contributed by atoms with van der Waals surface area (Å²) >= 11 is 0. The largest absolute Gasteiger partial charge is 0.338 e. The molecule has 0 aromatic carbocycles. The molecule has 1 saturated heterocycles. The summed E-state index contributed by atoms with van der Waals surface area (Å²) in [7, 11) is 0. The van der Waals surface area contributed by atoms with Gasteiger partial charge in [0.25, 0.3) is 0 Å². The van der Waals surface area contributed by atoms with Crippen molar-refractivity contribution in [2.24, 2.45) is 5.92 Å². The zero-order valence-electron chi connectivity index (χ0n) is 8.47. The zero-order chi connectivity index (χ0) is 10.3. The summed E-state index contributed by atoms with van der Waals surface area (Å²) in [5.41, 5.74) is 0.545. The van der Waals surface area contributed by atoms with Crippen molar-refractivity contribution in [2.75, 3.05) is 11.4 Å². The number of carbonyl (C=O) groups excluding carboxylic acids is 1. The maximum Gasteiger partial charge on any atom is 0.225 e. The molecule has 1 aliphatic carbocycles. The molecule has 1 saturated carbocycles. The van der Waals surface area contributed by atoms with Gasteiger partial charge in [-0.25, -0.2) is 9.97 Å². The molecule has 78 valence electrons. The molecule has 2 atom stereocenters. The first-order chi connectivity index (χ1) is 7.36. The second-order valence-corrected chi connectivity index (χ2v) is 4.42. The molecule has 1 aromatic heterocycles. The lowest BCUT2D eigenvalue weighted by Crippen LogP contribution is -2.33. The minimum Gasteiger partial charge on any atom is -0.338 e. The van der Waals surface area contributed by atoms with Crippen LogP contribution in [0.25, 0.3) is 0 Å². The normalized spacial score (nSPS) is 28.4. The van der Waals surface area contributed by atoms with Crippen LogP contribution in [0.5, 0.6) is 0 Å². The van der Waals surface area contributed by atoms with Gasteiger partial charge in [0, 0.05) is 25.0 Å². The van der Waals surface area contributed by atoms with E-state index in [1.807, 2.05) is 0 Å². The molecule has 0 amide bonds. The molecule has 0 radical (unpaired) electrons. The van der Waals surface area contributed by atoms with Crippen LogP contribution in [0.2, 0.25) is 0 Å². The van der Waals surface area contributed by atoms with Gasteiger partial charge in [-0.1, -0.05) is 0 Å². The fraction of sp³-hybridized carbons (Fsp3) is 0.545. The van der Waals surface area contributed by atoms with Crippen LogP contribution < -0.4 is 4.90 Å². The smallest absolute Gasteiger partial charge is 0.225 e. The van der Waals surface area contributed by atoms with Crippen molar-refractivity contribution in [3.63, 3.8) is 0 Å². The number of hydrogen-bond acceptors (Lipinski definition) is 4. The first kappa shape index (κ1) is 8.83. The van der Waals surface area contributed by atoms with Crippen LogP contribution in [0, 0.1) is 5.92 Å². The summed E-state index contributed by atoms with van der Waals surface area (Å²) in [6, 6.07) is 0.636. The van der Waals surface area contributed by atoms with Crippen molar-refractivity contribution < 1.29 is 4.79 Å². The Morgan fingerprint density at radius 1 is 1.33 bits per heavy atom. The van der Waals surface area contributed by atoms with Crippen molar-refractivity contribution in [3.05, 3.63) is 18.0 Å². The fourth-order valence-electron chi connectivity index (χ4n) is 2.71. The van der Waals surface area contributed by atoms with Crippen molar-refractivity contribution in [2.45, 2.75) is 25.3 Å². The first-order valence-electron chi connectivity index (χ1n) is 5.40. The van der Waals surface area contributed by atoms with Crippen LogP contribution in [-0.2, 0) is 0 Å². The van der Waals surface area contributed by atoms with E-state index in [2.05, 4.69) is 14.9 Å². The molecule has 2 aliphatic rings. The lowest BCUT2D eigenvalue weighted by atomic mass is 10.1. The number of rotatable bonds is 2. The van der Waals surface area contributed by atoms with Crippen LogP contribution in [0.15, 0.2) is 12.4 Å². The second kappa shape index (κ2) is 3.29. The highest BCUT2D eigenvalue weighted by Gasteiger charge is 2.38. The van der Waals surface area contributed by atoms with Gasteiger partial charge in [0.2, 0.25) is 5.95 Å². The Bertz CT molecular complexity index is 376. The van der Waals surface area contributed by atoms with Gasteiger partial charge in [-0.15, -0.1) is 0 Å². The molecule has 0 N–H and O–H groups in total. The summed E-state index contributed by atoms with van der Waals surface area (Å²) < 4.78 is 0. The van der Waals surface area contributed by atoms with Gasteiger partial charge in [0.1, 0.15) is 0 Å². The number of carbonyl (C=O) groups is 1. The van der Waals surface area contributed by atoms with Crippen LogP contribution in [0.1, 0.15) is 29.6 Å². The molecule has 1 aromatic rings. The van der Waals surface area contributed by atoms with Crippen molar-refractivity contribution in [1.82, 2.24) is 9.97 Å². The van der Waals surface area contributed by atoms with Gasteiger partial charge < -0.3 is 4.90 Å². The number of piperidine rings is 1. The molecule has 2 fully saturated rings. The van der Waals surface area contributed by atoms with Crippen LogP contribution in [0.3, 0.4) is 0 Å². The molecule has 1 aliphatic heterocycles. The van der Waals surface area contributed by atoms with Gasteiger partial charge in [-0.2, -0.15) is 0 Å². The Hall–Kier alpha value is -1.45. The number of anilines is 1. The van der Waals surface area contributed by atoms with E-state index in [1.54, 1.807) is 12.4 Å². The highest BCUT2D eigenvalue weighted by atomic mass is 16.1. The van der Waals surface area contributed by atoms with E-state index in [4.69, 9.17) is 0 Å². The van der Waals surface area contributed by atoms with Gasteiger partial charge >= 0.3 is 0 Å². The van der Waals surface area contributed by atoms with Crippen LogP contribution in [-0.4, -0.2) is 28.8 Å². The summed E-state index contributed by atoms with van der Waals surface area (Å²) in [4.78, 5) is 21.2. The summed E-state index contributed by atoms with van der Waals surface area (Å²) in [5.74, 6) is 1.62. The standard InChI is InChI=1S/C11H13N3O/c15-7-9-4-12-11(13-5-9)14-6-8-1-2-10(14)3-8/h4-5,7-8,10H,1-3,6H2. The van der Waals surface area contributed by atoms with E-state index in [0.717, 1.165) is 24.7 Å². The predicted molar refractivity (Wildman–Crippen MR) is 55.9 cm³/mol. The number of aromatic nitrogens is 2. The molecule has 2 bridgehead atoms. The Balaban J connectivity index is 1.84. The monoisotopic (exact) mass is 203 g/mol. The molecule has 2 heterocycles. The SMILES string of the molecule is O=Cc1cnc(N2CC3CCC2C3)nc1. The van der Waals surface area contributed by atoms with Gasteiger partial charge in [0.05, 0.1) is 5.56 Å². The van der Waals surface area contributed by atoms with Crippen LogP contribution >= 0.6 is 0 Å². The third kappa shape index (κ3) is 1.40. The van der Waals surface area contributed by atoms with Gasteiger partial charge in [0.15, 0.2) is 6.29 Å². The van der Waals surface area contributed by atoms with Crippen molar-refractivity contribution in [3.8, 4) is 0 Å². The summed E-state index contributed by atoms with van der Waals surface area (Å²) in [5, 5.41) is 0. The van der Waals surface area contributed by atoms with E-state index in [9.17, 15) is 4.79 Å². The minimum atomic E-state index is 0.545. The van der Waals surface area contributed by atoms with Gasteiger partial charge in [-0.3, -0.25) is 4.79 Å². The number of hydrogen-bond donors (Lipinski definition) is 0. The Labute approximate surface area is 88.3 Å². The Morgan fingerprint density at radius 2 is 2.13 bits per heavy atom. The lowest BCUT2D eigenvalue weighted by molar-refractivity contribution is 0.112. The average molecular weight is 203 g/mol. The van der Waals surface area contributed by atoms with E-state index in [0.29, 0.717) is 11.6 Å². The van der Waals surface area contributed by atoms with E-state index in [-0.39, 0.29) is 0 Å². The number of aldehydes is 1. The fourth-order valence-corrected chi connectivity index (χ4v) is 2.71. The zero-order valence-corrected chi connectivity index (χ0v) is 8.47. The average Bonchev–Trinajstić information content (AvgIpc) is 2.91. The van der Waals surface area contributed by atoms with Crippen molar-refractivity contribution in [1.29, 1.82) is 0 Å². The quantitative estimate of drug-likeness (QED) is 0.679. The molecule has 3 rings (SSSR count). The molecule has 4 nitrogen and oxygen atoms in total. The maximum atomic E-state index is 10.5. The molecular weight excluding hydrogens is 190 g/mol. The Morgan fingerprint density at radius 3 is 2.67 bits per heavy atom. The summed E-state index contributed by atoms with van der Waals surface area (Å²) in [6.07, 6.45) is 7.89. The second-order valence-electron chi connectivity index (χ2n) is 4.42. The molecule has 0 spiro atoms. The number of fused-ring (bicyclic) bond motifs is 2. The van der Waals surface area contributed by atoms with Crippen molar-refractivity contribution >= 4 is 12.2 Å².